The number of rotatable bonds is 10. The van der Waals surface area contributed by atoms with E-state index in [0.717, 1.165) is 40.2 Å². The SMILES string of the molecule is CCCCCCC(NCCC)c1cc(Cl)cc(Br)c1OC. The van der Waals surface area contributed by atoms with E-state index in [1.807, 2.05) is 12.1 Å². The Hall–Kier alpha value is -0.250. The third kappa shape index (κ3) is 6.17. The van der Waals surface area contributed by atoms with Gasteiger partial charge in [-0.2, -0.15) is 0 Å². The topological polar surface area (TPSA) is 21.3 Å². The second kappa shape index (κ2) is 10.5. The standard InChI is InChI=1S/C17H27BrClNO/c1-4-6-7-8-9-16(20-10-5-2)14-11-13(19)12-15(18)17(14)21-3/h11-12,16,20H,4-10H2,1-3H3. The molecule has 4 heteroatoms. The van der Waals surface area contributed by atoms with Crippen molar-refractivity contribution < 1.29 is 4.74 Å². The Bertz CT molecular complexity index is 425. The lowest BCUT2D eigenvalue weighted by Gasteiger charge is -2.22. The summed E-state index contributed by atoms with van der Waals surface area (Å²) in [6.07, 6.45) is 7.31. The van der Waals surface area contributed by atoms with Crippen molar-refractivity contribution >= 4 is 27.5 Å². The fourth-order valence-electron chi connectivity index (χ4n) is 2.52. The number of nitrogens with one attached hydrogen (secondary N) is 1. The molecule has 0 aliphatic heterocycles. The van der Waals surface area contributed by atoms with Crippen molar-refractivity contribution in [2.75, 3.05) is 13.7 Å². The largest absolute Gasteiger partial charge is 0.495 e. The summed E-state index contributed by atoms with van der Waals surface area (Å²) in [5, 5.41) is 4.38. The molecule has 1 aromatic rings. The molecule has 2 nitrogen and oxygen atoms in total. The van der Waals surface area contributed by atoms with Crippen LogP contribution in [0.2, 0.25) is 5.02 Å². The van der Waals surface area contributed by atoms with Crippen LogP contribution >= 0.6 is 27.5 Å². The fourth-order valence-corrected chi connectivity index (χ4v) is 3.51. The fraction of sp³-hybridized carbons (Fsp3) is 0.647. The van der Waals surface area contributed by atoms with Gasteiger partial charge in [0.05, 0.1) is 11.6 Å². The number of unbranched alkanes of at least 4 members (excludes halogenated alkanes) is 3. The third-order valence-electron chi connectivity index (χ3n) is 3.60. The van der Waals surface area contributed by atoms with Crippen LogP contribution in [0.25, 0.3) is 0 Å². The molecule has 120 valence electrons. The van der Waals surface area contributed by atoms with Crippen LogP contribution in [0.4, 0.5) is 0 Å². The summed E-state index contributed by atoms with van der Waals surface area (Å²) < 4.78 is 6.49. The highest BCUT2D eigenvalue weighted by Gasteiger charge is 2.18. The zero-order valence-electron chi connectivity index (χ0n) is 13.3. The average Bonchev–Trinajstić information content (AvgIpc) is 2.46. The zero-order chi connectivity index (χ0) is 15.7. The molecule has 0 aromatic heterocycles. The highest BCUT2D eigenvalue weighted by molar-refractivity contribution is 9.10. The summed E-state index contributed by atoms with van der Waals surface area (Å²) >= 11 is 9.78. The van der Waals surface area contributed by atoms with Gasteiger partial charge in [-0.15, -0.1) is 0 Å². The van der Waals surface area contributed by atoms with Crippen molar-refractivity contribution in [3.63, 3.8) is 0 Å². The maximum Gasteiger partial charge on any atom is 0.137 e. The van der Waals surface area contributed by atoms with E-state index in [1.165, 1.54) is 25.7 Å². The van der Waals surface area contributed by atoms with E-state index in [9.17, 15) is 0 Å². The molecule has 0 amide bonds. The van der Waals surface area contributed by atoms with Crippen LogP contribution in [0.5, 0.6) is 5.75 Å². The predicted molar refractivity (Wildman–Crippen MR) is 95.5 cm³/mol. The average molecular weight is 377 g/mol. The van der Waals surface area contributed by atoms with Gasteiger partial charge >= 0.3 is 0 Å². The molecule has 0 aliphatic carbocycles. The summed E-state index contributed by atoms with van der Waals surface area (Å²) in [7, 11) is 1.71. The minimum Gasteiger partial charge on any atom is -0.495 e. The van der Waals surface area contributed by atoms with Crippen molar-refractivity contribution in [1.29, 1.82) is 0 Å². The Morgan fingerprint density at radius 2 is 1.95 bits per heavy atom. The molecule has 0 saturated heterocycles. The van der Waals surface area contributed by atoms with Gasteiger partial charge in [-0.05, 0) is 47.4 Å². The van der Waals surface area contributed by atoms with Gasteiger partial charge < -0.3 is 10.1 Å². The van der Waals surface area contributed by atoms with Crippen LogP contribution in [0, 0.1) is 0 Å². The molecule has 0 radical (unpaired) electrons. The molecule has 0 bridgehead atoms. The van der Waals surface area contributed by atoms with Gasteiger partial charge in [-0.25, -0.2) is 0 Å². The van der Waals surface area contributed by atoms with E-state index in [4.69, 9.17) is 16.3 Å². The normalized spacial score (nSPS) is 12.4. The first-order valence-corrected chi connectivity index (χ1v) is 9.07. The quantitative estimate of drug-likeness (QED) is 0.496. The smallest absolute Gasteiger partial charge is 0.137 e. The molecule has 1 aromatic carbocycles. The van der Waals surface area contributed by atoms with Crippen molar-refractivity contribution in [3.05, 3.63) is 27.2 Å². The summed E-state index contributed by atoms with van der Waals surface area (Å²) in [5.74, 6) is 0.892. The summed E-state index contributed by atoms with van der Waals surface area (Å²) in [5.41, 5.74) is 1.15. The number of hydrogen-bond acceptors (Lipinski definition) is 2. The number of halogens is 2. The molecule has 0 fully saturated rings. The highest BCUT2D eigenvalue weighted by Crippen LogP contribution is 2.37. The van der Waals surface area contributed by atoms with Crippen LogP contribution in [-0.4, -0.2) is 13.7 Å². The van der Waals surface area contributed by atoms with Crippen molar-refractivity contribution in [3.8, 4) is 5.75 Å². The summed E-state index contributed by atoms with van der Waals surface area (Å²) in [6.45, 7) is 5.43. The Morgan fingerprint density at radius 3 is 2.57 bits per heavy atom. The van der Waals surface area contributed by atoms with E-state index in [1.54, 1.807) is 7.11 Å². The third-order valence-corrected chi connectivity index (χ3v) is 4.41. The van der Waals surface area contributed by atoms with Gasteiger partial charge in [-0.3, -0.25) is 0 Å². The van der Waals surface area contributed by atoms with E-state index in [-0.39, 0.29) is 0 Å². The molecule has 0 saturated carbocycles. The lowest BCUT2D eigenvalue weighted by atomic mass is 9.99. The van der Waals surface area contributed by atoms with Crippen LogP contribution in [0.1, 0.15) is 64.0 Å². The molecule has 1 unspecified atom stereocenters. The molecular weight excluding hydrogens is 350 g/mol. The lowest BCUT2D eigenvalue weighted by Crippen LogP contribution is -2.22. The first-order chi connectivity index (χ1) is 10.1. The van der Waals surface area contributed by atoms with Gasteiger partial charge in [0.2, 0.25) is 0 Å². The molecule has 21 heavy (non-hydrogen) atoms. The maximum absolute atomic E-state index is 6.23. The molecule has 0 heterocycles. The Balaban J connectivity index is 2.90. The first-order valence-electron chi connectivity index (χ1n) is 7.90. The van der Waals surface area contributed by atoms with E-state index < -0.39 is 0 Å². The molecule has 1 N–H and O–H groups in total. The molecule has 0 spiro atoms. The Morgan fingerprint density at radius 1 is 1.19 bits per heavy atom. The van der Waals surface area contributed by atoms with Gasteiger partial charge in [0.15, 0.2) is 0 Å². The van der Waals surface area contributed by atoms with Crippen molar-refractivity contribution in [1.82, 2.24) is 5.32 Å². The van der Waals surface area contributed by atoms with Crippen molar-refractivity contribution in [2.24, 2.45) is 0 Å². The van der Waals surface area contributed by atoms with Crippen LogP contribution in [0.3, 0.4) is 0 Å². The second-order valence-electron chi connectivity index (χ2n) is 5.37. The Kier molecular flexibility index (Phi) is 9.37. The van der Waals surface area contributed by atoms with E-state index in [2.05, 4.69) is 35.1 Å². The predicted octanol–water partition coefficient (Wildman–Crippen LogP) is 6.12. The van der Waals surface area contributed by atoms with Crippen molar-refractivity contribution in [2.45, 2.75) is 58.4 Å². The summed E-state index contributed by atoms with van der Waals surface area (Å²) in [6, 6.07) is 4.21. The van der Waals surface area contributed by atoms with E-state index in [0.29, 0.717) is 6.04 Å². The monoisotopic (exact) mass is 375 g/mol. The van der Waals surface area contributed by atoms with Crippen LogP contribution in [0.15, 0.2) is 16.6 Å². The minimum absolute atomic E-state index is 0.298. The number of ether oxygens (including phenoxy) is 1. The Labute approximate surface area is 142 Å². The molecular formula is C17H27BrClNO. The van der Waals surface area contributed by atoms with Gasteiger partial charge in [-0.1, -0.05) is 51.1 Å². The molecule has 1 rings (SSSR count). The lowest BCUT2D eigenvalue weighted by molar-refractivity contribution is 0.389. The number of benzene rings is 1. The van der Waals surface area contributed by atoms with Crippen LogP contribution < -0.4 is 10.1 Å². The van der Waals surface area contributed by atoms with E-state index >= 15 is 0 Å². The summed E-state index contributed by atoms with van der Waals surface area (Å²) in [4.78, 5) is 0. The molecule has 1 atom stereocenters. The maximum atomic E-state index is 6.23. The molecule has 0 aliphatic rings. The van der Waals surface area contributed by atoms with Gasteiger partial charge in [0.1, 0.15) is 5.75 Å². The van der Waals surface area contributed by atoms with Gasteiger partial charge in [0.25, 0.3) is 0 Å². The minimum atomic E-state index is 0.298. The van der Waals surface area contributed by atoms with Crippen LogP contribution in [-0.2, 0) is 0 Å². The first kappa shape index (κ1) is 18.8. The number of hydrogen-bond donors (Lipinski definition) is 1. The number of methoxy groups -OCH3 is 1. The second-order valence-corrected chi connectivity index (χ2v) is 6.66. The zero-order valence-corrected chi connectivity index (χ0v) is 15.7. The highest BCUT2D eigenvalue weighted by atomic mass is 79.9. The van der Waals surface area contributed by atoms with Gasteiger partial charge in [0, 0.05) is 16.6 Å².